The number of hydrogen-bond donors (Lipinski definition) is 0. The number of ether oxygens (including phenoxy) is 2. The number of esters is 1. The van der Waals surface area contributed by atoms with Crippen LogP contribution in [0.3, 0.4) is 0 Å². The smallest absolute Gasteiger partial charge is 0.343 e. The molecule has 0 spiro atoms. The van der Waals surface area contributed by atoms with E-state index in [1.807, 2.05) is 55.5 Å². The number of para-hydroxylation sites is 1. The molecule has 0 fully saturated rings. The predicted molar refractivity (Wildman–Crippen MR) is 126 cm³/mol. The molecule has 0 N–H and O–H groups in total. The largest absolute Gasteiger partial charge is 0.462 e. The molecule has 0 unspecified atom stereocenters. The van der Waals surface area contributed by atoms with Gasteiger partial charge in [0.05, 0.1) is 17.1 Å². The Morgan fingerprint density at radius 3 is 2.52 bits per heavy atom. The van der Waals surface area contributed by atoms with Gasteiger partial charge in [0.2, 0.25) is 5.43 Å². The molecule has 5 nitrogen and oxygen atoms in total. The average molecular weight is 466 g/mol. The van der Waals surface area contributed by atoms with Crippen LogP contribution < -0.4 is 10.2 Å². The molecule has 7 heteroatoms. The molecule has 168 valence electrons. The number of rotatable bonds is 6. The Kier molecular flexibility index (Phi) is 6.47. The van der Waals surface area contributed by atoms with Crippen LogP contribution in [0.25, 0.3) is 10.9 Å². The van der Waals surface area contributed by atoms with Gasteiger partial charge in [0.15, 0.2) is 0 Å². The summed E-state index contributed by atoms with van der Waals surface area (Å²) in [6.07, 6.45) is 1.43. The molecule has 4 rings (SSSR count). The minimum Gasteiger partial charge on any atom is -0.462 e. The lowest BCUT2D eigenvalue weighted by Crippen LogP contribution is -2.21. The van der Waals surface area contributed by atoms with Gasteiger partial charge in [-0.05, 0) is 55.3 Å². The van der Waals surface area contributed by atoms with E-state index in [1.165, 1.54) is 12.3 Å². The third-order valence-electron chi connectivity index (χ3n) is 5.22. The van der Waals surface area contributed by atoms with E-state index >= 15 is 0 Å². The van der Waals surface area contributed by atoms with E-state index in [9.17, 15) is 14.0 Å². The Morgan fingerprint density at radius 1 is 1.09 bits per heavy atom. The van der Waals surface area contributed by atoms with Gasteiger partial charge in [-0.3, -0.25) is 4.79 Å². The highest BCUT2D eigenvalue weighted by molar-refractivity contribution is 6.31. The average Bonchev–Trinajstić information content (AvgIpc) is 2.80. The van der Waals surface area contributed by atoms with Gasteiger partial charge >= 0.3 is 5.97 Å². The lowest BCUT2D eigenvalue weighted by atomic mass is 10.1. The van der Waals surface area contributed by atoms with Gasteiger partial charge in [-0.15, -0.1) is 0 Å². The molecule has 1 heterocycles. The summed E-state index contributed by atoms with van der Waals surface area (Å²) in [7, 11) is 0. The van der Waals surface area contributed by atoms with E-state index in [0.29, 0.717) is 17.8 Å². The van der Waals surface area contributed by atoms with Crippen LogP contribution in [-0.4, -0.2) is 17.1 Å². The zero-order valence-corrected chi connectivity index (χ0v) is 18.9. The second kappa shape index (κ2) is 9.46. The Hall–Kier alpha value is -3.64. The highest BCUT2D eigenvalue weighted by atomic mass is 35.5. The number of carbonyl (C=O) groups excluding carboxylic acids is 1. The molecule has 0 aliphatic rings. The van der Waals surface area contributed by atoms with Crippen LogP contribution in [0.2, 0.25) is 5.02 Å². The lowest BCUT2D eigenvalue weighted by molar-refractivity contribution is 0.0524. The summed E-state index contributed by atoms with van der Waals surface area (Å²) in [4.78, 5) is 25.2. The van der Waals surface area contributed by atoms with Crippen molar-refractivity contribution in [1.82, 2.24) is 4.57 Å². The number of nitrogens with zero attached hydrogens (tertiary/aromatic N) is 1. The Bertz CT molecular complexity index is 1400. The first-order chi connectivity index (χ1) is 15.9. The van der Waals surface area contributed by atoms with Gasteiger partial charge in [0.25, 0.3) is 0 Å². The number of halogens is 2. The van der Waals surface area contributed by atoms with Gasteiger partial charge in [-0.25, -0.2) is 9.18 Å². The van der Waals surface area contributed by atoms with Gasteiger partial charge in [0.1, 0.15) is 22.9 Å². The molecular formula is C26H21ClFNO4. The summed E-state index contributed by atoms with van der Waals surface area (Å²) in [6.45, 7) is 4.06. The van der Waals surface area contributed by atoms with Crippen molar-refractivity contribution in [2.75, 3.05) is 6.61 Å². The monoisotopic (exact) mass is 465 g/mol. The van der Waals surface area contributed by atoms with Crippen molar-refractivity contribution >= 4 is 28.5 Å². The van der Waals surface area contributed by atoms with Crippen molar-refractivity contribution in [3.8, 4) is 11.5 Å². The molecular weight excluding hydrogens is 445 g/mol. The molecule has 33 heavy (non-hydrogen) atoms. The Morgan fingerprint density at radius 2 is 1.82 bits per heavy atom. The summed E-state index contributed by atoms with van der Waals surface area (Å²) in [5.74, 6) is -0.0374. The van der Waals surface area contributed by atoms with Crippen LogP contribution in [0.5, 0.6) is 11.5 Å². The summed E-state index contributed by atoms with van der Waals surface area (Å²) in [6, 6.07) is 17.6. The van der Waals surface area contributed by atoms with Crippen LogP contribution in [-0.2, 0) is 11.3 Å². The molecule has 0 aliphatic heterocycles. The van der Waals surface area contributed by atoms with E-state index in [1.54, 1.807) is 11.5 Å². The van der Waals surface area contributed by atoms with Gasteiger partial charge in [0, 0.05) is 18.1 Å². The first kappa shape index (κ1) is 22.6. The summed E-state index contributed by atoms with van der Waals surface area (Å²) >= 11 is 5.98. The molecule has 0 bridgehead atoms. The zero-order chi connectivity index (χ0) is 23.5. The molecule has 0 radical (unpaired) electrons. The number of benzene rings is 3. The topological polar surface area (TPSA) is 57.5 Å². The van der Waals surface area contributed by atoms with Crippen molar-refractivity contribution in [3.63, 3.8) is 0 Å². The van der Waals surface area contributed by atoms with Crippen molar-refractivity contribution in [2.45, 2.75) is 20.4 Å². The van der Waals surface area contributed by atoms with Crippen LogP contribution >= 0.6 is 11.6 Å². The fraction of sp³-hybridized carbons (Fsp3) is 0.154. The zero-order valence-electron chi connectivity index (χ0n) is 18.1. The first-order valence-corrected chi connectivity index (χ1v) is 10.8. The number of carbonyl (C=O) groups is 1. The summed E-state index contributed by atoms with van der Waals surface area (Å²) in [5, 5.41) is -0.0523. The maximum atomic E-state index is 14.1. The van der Waals surface area contributed by atoms with E-state index in [-0.39, 0.29) is 22.6 Å². The fourth-order valence-electron chi connectivity index (χ4n) is 3.53. The fourth-order valence-corrected chi connectivity index (χ4v) is 3.69. The van der Waals surface area contributed by atoms with Crippen molar-refractivity contribution in [1.29, 1.82) is 0 Å². The van der Waals surface area contributed by atoms with E-state index in [0.717, 1.165) is 22.9 Å². The third kappa shape index (κ3) is 4.76. The molecule has 0 atom stereocenters. The molecule has 3 aromatic carbocycles. The second-order valence-electron chi connectivity index (χ2n) is 7.52. The Labute approximate surface area is 195 Å². The number of hydrogen-bond acceptors (Lipinski definition) is 4. The van der Waals surface area contributed by atoms with Crippen LogP contribution in [0, 0.1) is 12.7 Å². The number of aryl methyl sites for hydroxylation is 1. The summed E-state index contributed by atoms with van der Waals surface area (Å²) in [5.41, 5.74) is 1.56. The molecule has 0 saturated carbocycles. The van der Waals surface area contributed by atoms with E-state index < -0.39 is 17.2 Å². The predicted octanol–water partition coefficient (Wildman–Crippen LogP) is 6.12. The molecule has 4 aromatic rings. The number of aromatic nitrogens is 1. The molecule has 0 aliphatic carbocycles. The van der Waals surface area contributed by atoms with Crippen LogP contribution in [0.15, 0.2) is 71.7 Å². The van der Waals surface area contributed by atoms with Crippen LogP contribution in [0.4, 0.5) is 4.39 Å². The van der Waals surface area contributed by atoms with Crippen molar-refractivity contribution in [3.05, 3.63) is 105 Å². The molecule has 1 aromatic heterocycles. The first-order valence-electron chi connectivity index (χ1n) is 10.4. The lowest BCUT2D eigenvalue weighted by Gasteiger charge is -2.15. The van der Waals surface area contributed by atoms with Gasteiger partial charge < -0.3 is 14.0 Å². The Balaban J connectivity index is 1.71. The van der Waals surface area contributed by atoms with Crippen molar-refractivity contribution in [2.24, 2.45) is 0 Å². The standard InChI is InChI=1S/C26H21ClFNO4/c1-3-32-26(31)20-15-29(23-13-21(27)22(28)12-19(23)25(20)30)14-17-8-10-18(11-9-17)33-24-7-5-4-6-16(24)2/h4-13,15H,3,14H2,1-2H3. The maximum Gasteiger partial charge on any atom is 0.343 e. The molecule has 0 saturated heterocycles. The SMILES string of the molecule is CCOC(=O)c1cn(Cc2ccc(Oc3ccccc3C)cc2)c2cc(Cl)c(F)cc2c1=O. The van der Waals surface area contributed by atoms with Gasteiger partial charge in [-0.1, -0.05) is 41.9 Å². The van der Waals surface area contributed by atoms with Crippen molar-refractivity contribution < 1.29 is 18.7 Å². The third-order valence-corrected chi connectivity index (χ3v) is 5.50. The van der Waals surface area contributed by atoms with Gasteiger partial charge in [-0.2, -0.15) is 0 Å². The highest BCUT2D eigenvalue weighted by Gasteiger charge is 2.18. The quantitative estimate of drug-likeness (QED) is 0.322. The number of fused-ring (bicyclic) bond motifs is 1. The summed E-state index contributed by atoms with van der Waals surface area (Å²) < 4.78 is 26.7. The second-order valence-corrected chi connectivity index (χ2v) is 7.92. The van der Waals surface area contributed by atoms with E-state index in [2.05, 4.69) is 0 Å². The maximum absolute atomic E-state index is 14.1. The van der Waals surface area contributed by atoms with E-state index in [4.69, 9.17) is 21.1 Å². The van der Waals surface area contributed by atoms with Crippen LogP contribution in [0.1, 0.15) is 28.4 Å². The normalized spacial score (nSPS) is 10.9. The molecule has 0 amide bonds. The minimum absolute atomic E-state index is 0.0574. The number of pyridine rings is 1. The minimum atomic E-state index is -0.754. The highest BCUT2D eigenvalue weighted by Crippen LogP contribution is 2.26.